The number of benzene rings is 2. The molecule has 0 aliphatic carbocycles. The Kier molecular flexibility index (Phi) is 5.63. The number of amides is 1. The number of halogens is 1. The summed E-state index contributed by atoms with van der Waals surface area (Å²) in [6.45, 7) is 1.46. The molecular formula is C17H19FN2O4S. The fourth-order valence-electron chi connectivity index (χ4n) is 2.34. The highest BCUT2D eigenvalue weighted by molar-refractivity contribution is 7.92. The van der Waals surface area contributed by atoms with E-state index in [0.29, 0.717) is 11.4 Å². The van der Waals surface area contributed by atoms with E-state index in [0.717, 1.165) is 22.7 Å². The molecule has 1 atom stereocenters. The quantitative estimate of drug-likeness (QED) is 0.853. The molecule has 0 aliphatic heterocycles. The van der Waals surface area contributed by atoms with Crippen LogP contribution in [0, 0.1) is 5.82 Å². The fraction of sp³-hybridized carbons (Fsp3) is 0.235. The van der Waals surface area contributed by atoms with Crippen LogP contribution in [0.25, 0.3) is 0 Å². The Morgan fingerprint density at radius 1 is 1.20 bits per heavy atom. The Labute approximate surface area is 146 Å². The summed E-state index contributed by atoms with van der Waals surface area (Å²) >= 11 is 0. The number of carbonyl (C=O) groups is 1. The first-order chi connectivity index (χ1) is 11.7. The number of nitrogens with one attached hydrogen (secondary N) is 1. The van der Waals surface area contributed by atoms with Gasteiger partial charge in [-0.15, -0.1) is 0 Å². The molecule has 0 unspecified atom stereocenters. The van der Waals surface area contributed by atoms with Crippen LogP contribution >= 0.6 is 0 Å². The third kappa shape index (κ3) is 4.69. The van der Waals surface area contributed by atoms with E-state index in [9.17, 15) is 17.6 Å². The van der Waals surface area contributed by atoms with Crippen molar-refractivity contribution in [2.45, 2.75) is 13.0 Å². The number of rotatable bonds is 6. The third-order valence-electron chi connectivity index (χ3n) is 3.51. The van der Waals surface area contributed by atoms with E-state index < -0.39 is 27.8 Å². The summed E-state index contributed by atoms with van der Waals surface area (Å²) in [4.78, 5) is 12.5. The zero-order valence-electron chi connectivity index (χ0n) is 14.1. The number of hydrogen-bond acceptors (Lipinski definition) is 4. The Bertz CT molecular complexity index is 853. The first kappa shape index (κ1) is 18.7. The minimum atomic E-state index is -3.75. The summed E-state index contributed by atoms with van der Waals surface area (Å²) in [5, 5.41) is 2.65. The van der Waals surface area contributed by atoms with Crippen molar-refractivity contribution in [2.24, 2.45) is 0 Å². The lowest BCUT2D eigenvalue weighted by Crippen LogP contribution is -2.45. The van der Waals surface area contributed by atoms with Gasteiger partial charge >= 0.3 is 0 Å². The summed E-state index contributed by atoms with van der Waals surface area (Å²) in [5.41, 5.74) is 0.681. The molecule has 0 saturated carbocycles. The van der Waals surface area contributed by atoms with E-state index in [-0.39, 0.29) is 5.69 Å². The number of hydrogen-bond donors (Lipinski definition) is 1. The van der Waals surface area contributed by atoms with E-state index in [4.69, 9.17) is 4.74 Å². The van der Waals surface area contributed by atoms with Crippen LogP contribution in [0.3, 0.4) is 0 Å². The van der Waals surface area contributed by atoms with E-state index >= 15 is 0 Å². The molecule has 8 heteroatoms. The van der Waals surface area contributed by atoms with Gasteiger partial charge in [0, 0.05) is 11.8 Å². The minimum absolute atomic E-state index is 0.206. The predicted octanol–water partition coefficient (Wildman–Crippen LogP) is 2.63. The Balaban J connectivity index is 2.28. The predicted molar refractivity (Wildman–Crippen MR) is 94.8 cm³/mol. The second-order valence-electron chi connectivity index (χ2n) is 5.43. The second kappa shape index (κ2) is 7.52. The molecule has 2 rings (SSSR count). The highest BCUT2D eigenvalue weighted by Gasteiger charge is 2.29. The average Bonchev–Trinajstić information content (AvgIpc) is 2.55. The molecule has 0 bridgehead atoms. The molecule has 134 valence electrons. The lowest BCUT2D eigenvalue weighted by atomic mass is 10.2. The Morgan fingerprint density at radius 3 is 2.40 bits per heavy atom. The molecule has 0 spiro atoms. The van der Waals surface area contributed by atoms with Gasteiger partial charge in [0.1, 0.15) is 17.6 Å². The molecule has 0 aliphatic rings. The number of anilines is 2. The summed E-state index contributed by atoms with van der Waals surface area (Å²) in [6, 6.07) is 10.6. The molecule has 0 saturated heterocycles. The molecule has 0 heterocycles. The molecule has 2 aromatic rings. The molecular weight excluding hydrogens is 347 g/mol. The lowest BCUT2D eigenvalue weighted by molar-refractivity contribution is -0.116. The highest BCUT2D eigenvalue weighted by Crippen LogP contribution is 2.23. The van der Waals surface area contributed by atoms with Gasteiger partial charge in [0.2, 0.25) is 15.9 Å². The molecule has 0 radical (unpaired) electrons. The third-order valence-corrected chi connectivity index (χ3v) is 4.75. The SMILES string of the molecule is COc1cccc(NC(=O)[C@@H](C)N(c2ccc(F)cc2)S(C)(=O)=O)c1. The van der Waals surface area contributed by atoms with Crippen LogP contribution in [0.1, 0.15) is 6.92 Å². The number of methoxy groups -OCH3 is 1. The van der Waals surface area contributed by atoms with Crippen LogP contribution in [0.4, 0.5) is 15.8 Å². The summed E-state index contributed by atoms with van der Waals surface area (Å²) in [5.74, 6) is -0.461. The number of sulfonamides is 1. The summed E-state index contributed by atoms with van der Waals surface area (Å²) in [7, 11) is -2.25. The second-order valence-corrected chi connectivity index (χ2v) is 7.29. The van der Waals surface area contributed by atoms with Gasteiger partial charge in [-0.2, -0.15) is 0 Å². The van der Waals surface area contributed by atoms with Crippen molar-refractivity contribution in [3.63, 3.8) is 0 Å². The maximum Gasteiger partial charge on any atom is 0.247 e. The normalized spacial score (nSPS) is 12.3. The van der Waals surface area contributed by atoms with Gasteiger partial charge in [-0.05, 0) is 43.3 Å². The first-order valence-electron chi connectivity index (χ1n) is 7.42. The van der Waals surface area contributed by atoms with E-state index in [1.54, 1.807) is 24.3 Å². The molecule has 25 heavy (non-hydrogen) atoms. The fourth-order valence-corrected chi connectivity index (χ4v) is 3.52. The van der Waals surface area contributed by atoms with Crippen LogP contribution in [0.2, 0.25) is 0 Å². The number of ether oxygens (including phenoxy) is 1. The standard InChI is InChI=1S/C17H19FN2O4S/c1-12(17(21)19-14-5-4-6-16(11-14)24-2)20(25(3,22)23)15-9-7-13(18)8-10-15/h4-12H,1-3H3,(H,19,21)/t12-/m1/s1. The van der Waals surface area contributed by atoms with Crippen LogP contribution in [-0.4, -0.2) is 33.7 Å². The van der Waals surface area contributed by atoms with Crippen LogP contribution in [0.5, 0.6) is 5.75 Å². The number of carbonyl (C=O) groups excluding carboxylic acids is 1. The zero-order valence-corrected chi connectivity index (χ0v) is 14.9. The van der Waals surface area contributed by atoms with Crippen molar-refractivity contribution in [3.05, 3.63) is 54.3 Å². The van der Waals surface area contributed by atoms with Gasteiger partial charge in [-0.1, -0.05) is 6.07 Å². The zero-order chi connectivity index (χ0) is 18.6. The average molecular weight is 366 g/mol. The van der Waals surface area contributed by atoms with Gasteiger partial charge in [0.05, 0.1) is 19.1 Å². The van der Waals surface area contributed by atoms with Crippen molar-refractivity contribution in [3.8, 4) is 5.75 Å². The molecule has 6 nitrogen and oxygen atoms in total. The Morgan fingerprint density at radius 2 is 1.84 bits per heavy atom. The maximum atomic E-state index is 13.1. The van der Waals surface area contributed by atoms with Crippen molar-refractivity contribution in [2.75, 3.05) is 23.0 Å². The monoisotopic (exact) mass is 366 g/mol. The van der Waals surface area contributed by atoms with Crippen molar-refractivity contribution in [1.82, 2.24) is 0 Å². The lowest BCUT2D eigenvalue weighted by Gasteiger charge is -2.28. The number of nitrogens with zero attached hydrogens (tertiary/aromatic N) is 1. The molecule has 2 aromatic carbocycles. The van der Waals surface area contributed by atoms with E-state index in [1.165, 1.54) is 26.2 Å². The minimum Gasteiger partial charge on any atom is -0.497 e. The van der Waals surface area contributed by atoms with E-state index in [2.05, 4.69) is 5.32 Å². The molecule has 1 N–H and O–H groups in total. The van der Waals surface area contributed by atoms with Crippen LogP contribution in [0.15, 0.2) is 48.5 Å². The smallest absolute Gasteiger partial charge is 0.247 e. The highest BCUT2D eigenvalue weighted by atomic mass is 32.2. The summed E-state index contributed by atoms with van der Waals surface area (Å²) in [6.07, 6.45) is 0.992. The van der Waals surface area contributed by atoms with Gasteiger partial charge in [-0.25, -0.2) is 12.8 Å². The van der Waals surface area contributed by atoms with Gasteiger partial charge in [-0.3, -0.25) is 9.10 Å². The van der Waals surface area contributed by atoms with Gasteiger partial charge in [0.25, 0.3) is 0 Å². The molecule has 0 aromatic heterocycles. The topological polar surface area (TPSA) is 75.7 Å². The van der Waals surface area contributed by atoms with Crippen molar-refractivity contribution in [1.29, 1.82) is 0 Å². The largest absolute Gasteiger partial charge is 0.497 e. The maximum absolute atomic E-state index is 13.1. The summed E-state index contributed by atoms with van der Waals surface area (Å²) < 4.78 is 43.4. The van der Waals surface area contributed by atoms with Crippen LogP contribution in [-0.2, 0) is 14.8 Å². The molecule has 1 amide bonds. The van der Waals surface area contributed by atoms with Crippen molar-refractivity contribution >= 4 is 27.3 Å². The van der Waals surface area contributed by atoms with Crippen molar-refractivity contribution < 1.29 is 22.3 Å². The van der Waals surface area contributed by atoms with E-state index in [1.807, 2.05) is 0 Å². The first-order valence-corrected chi connectivity index (χ1v) is 9.27. The molecule has 0 fully saturated rings. The van der Waals surface area contributed by atoms with Gasteiger partial charge in [0.15, 0.2) is 0 Å². The van der Waals surface area contributed by atoms with Gasteiger partial charge < -0.3 is 10.1 Å². The Hall–Kier alpha value is -2.61. The van der Waals surface area contributed by atoms with Crippen LogP contribution < -0.4 is 14.4 Å².